The molecular formula is C25H20F3N5O5. The van der Waals surface area contributed by atoms with Gasteiger partial charge in [-0.05, 0) is 24.6 Å². The number of benzene rings is 2. The van der Waals surface area contributed by atoms with E-state index in [0.29, 0.717) is 5.76 Å². The number of aromatic nitrogens is 5. The predicted octanol–water partition coefficient (Wildman–Crippen LogP) is 4.16. The minimum Gasteiger partial charge on any atom is -0.425 e. The summed E-state index contributed by atoms with van der Waals surface area (Å²) in [5.74, 6) is -0.192. The van der Waals surface area contributed by atoms with Crippen LogP contribution in [-0.2, 0) is 19.6 Å². The van der Waals surface area contributed by atoms with Crippen LogP contribution in [0, 0.1) is 0 Å². The van der Waals surface area contributed by atoms with Crippen LogP contribution in [0.15, 0.2) is 81.0 Å². The third-order valence-corrected chi connectivity index (χ3v) is 5.63. The molecule has 0 N–H and O–H groups in total. The Hall–Kier alpha value is -4.81. The van der Waals surface area contributed by atoms with E-state index < -0.39 is 23.4 Å². The summed E-state index contributed by atoms with van der Waals surface area (Å²) in [7, 11) is 0. The maximum Gasteiger partial charge on any atom is 0.573 e. The zero-order valence-corrected chi connectivity index (χ0v) is 19.9. The van der Waals surface area contributed by atoms with Crippen molar-refractivity contribution < 1.29 is 27.2 Å². The molecule has 196 valence electrons. The van der Waals surface area contributed by atoms with Crippen molar-refractivity contribution in [2.24, 2.45) is 0 Å². The highest BCUT2D eigenvalue weighted by atomic mass is 19.4. The third kappa shape index (κ3) is 5.03. The molecule has 13 heteroatoms. The van der Waals surface area contributed by atoms with Gasteiger partial charge in [-0.15, -0.1) is 13.2 Å². The van der Waals surface area contributed by atoms with E-state index in [0.717, 1.165) is 22.3 Å². The van der Waals surface area contributed by atoms with Gasteiger partial charge in [0, 0.05) is 18.7 Å². The van der Waals surface area contributed by atoms with E-state index in [1.807, 2.05) is 30.3 Å². The molecule has 0 saturated heterocycles. The van der Waals surface area contributed by atoms with Crippen LogP contribution in [0.1, 0.15) is 18.2 Å². The van der Waals surface area contributed by atoms with Crippen LogP contribution in [0.2, 0.25) is 0 Å². The highest BCUT2D eigenvalue weighted by Crippen LogP contribution is 2.30. The second-order valence-corrected chi connectivity index (χ2v) is 8.16. The molecule has 0 fully saturated rings. The molecule has 0 aliphatic rings. The van der Waals surface area contributed by atoms with Gasteiger partial charge >= 0.3 is 18.1 Å². The van der Waals surface area contributed by atoms with Gasteiger partial charge in [-0.1, -0.05) is 41.6 Å². The number of halogens is 3. The summed E-state index contributed by atoms with van der Waals surface area (Å²) in [5, 5.41) is 3.62. The van der Waals surface area contributed by atoms with E-state index in [1.165, 1.54) is 33.5 Å². The van der Waals surface area contributed by atoms with Gasteiger partial charge in [0.1, 0.15) is 11.5 Å². The van der Waals surface area contributed by atoms with Crippen molar-refractivity contribution in [3.63, 3.8) is 0 Å². The fourth-order valence-corrected chi connectivity index (χ4v) is 4.01. The zero-order valence-electron chi connectivity index (χ0n) is 19.9. The van der Waals surface area contributed by atoms with Crippen LogP contribution >= 0.6 is 0 Å². The summed E-state index contributed by atoms with van der Waals surface area (Å²) in [6.45, 7) is 1.88. The SMILES string of the molecule is CCn1c(=O)n(Cc2ccno2)c(=O)c2c1nc(Oc1cccc(OC(F)(F)F)c1)n2Cc1ccccc1. The molecule has 10 nitrogen and oxygen atoms in total. The highest BCUT2D eigenvalue weighted by Gasteiger charge is 2.31. The maximum atomic E-state index is 13.7. The standard InChI is InChI=1S/C25H20F3N5O5/c1-2-31-21-20(22(34)33(24(31)35)15-19-11-12-29-38-19)32(14-16-7-4-3-5-8-16)23(30-21)36-17-9-6-10-18(13-17)37-25(26,27)28/h3-13H,2,14-15H2,1H3. The number of fused-ring (bicyclic) bond motifs is 1. The van der Waals surface area contributed by atoms with Gasteiger partial charge < -0.3 is 14.0 Å². The van der Waals surface area contributed by atoms with Gasteiger partial charge in [0.25, 0.3) is 5.56 Å². The second kappa shape index (κ2) is 9.92. The summed E-state index contributed by atoms with van der Waals surface area (Å²) in [5.41, 5.74) is -0.310. The molecule has 0 bridgehead atoms. The lowest BCUT2D eigenvalue weighted by Gasteiger charge is -2.12. The number of imidazole rings is 1. The minimum absolute atomic E-state index is 0.0104. The van der Waals surface area contributed by atoms with Crippen molar-refractivity contribution in [3.8, 4) is 17.5 Å². The molecule has 3 aromatic heterocycles. The molecule has 0 aliphatic heterocycles. The van der Waals surface area contributed by atoms with Crippen molar-refractivity contribution in [3.05, 3.63) is 99.0 Å². The first kappa shape index (κ1) is 24.9. The van der Waals surface area contributed by atoms with E-state index in [-0.39, 0.29) is 42.6 Å². The van der Waals surface area contributed by atoms with Gasteiger partial charge in [0.2, 0.25) is 0 Å². The van der Waals surface area contributed by atoms with Gasteiger partial charge in [0.15, 0.2) is 16.9 Å². The Morgan fingerprint density at radius 2 is 1.68 bits per heavy atom. The summed E-state index contributed by atoms with van der Waals surface area (Å²) < 4.78 is 56.9. The summed E-state index contributed by atoms with van der Waals surface area (Å²) in [6.07, 6.45) is -3.48. The molecule has 0 amide bonds. The molecule has 0 radical (unpaired) electrons. The summed E-state index contributed by atoms with van der Waals surface area (Å²) >= 11 is 0. The quantitative estimate of drug-likeness (QED) is 0.298. The van der Waals surface area contributed by atoms with Gasteiger partial charge in [-0.25, -0.2) is 4.79 Å². The van der Waals surface area contributed by atoms with Crippen LogP contribution in [0.4, 0.5) is 13.2 Å². The highest BCUT2D eigenvalue weighted by molar-refractivity contribution is 5.72. The van der Waals surface area contributed by atoms with Gasteiger partial charge in [0.05, 0.1) is 19.3 Å². The molecule has 0 spiro atoms. The zero-order chi connectivity index (χ0) is 26.9. The Bertz CT molecular complexity index is 1690. The van der Waals surface area contributed by atoms with Crippen molar-refractivity contribution in [1.29, 1.82) is 0 Å². The largest absolute Gasteiger partial charge is 0.573 e. The van der Waals surface area contributed by atoms with Crippen molar-refractivity contribution >= 4 is 11.2 Å². The van der Waals surface area contributed by atoms with E-state index in [9.17, 15) is 22.8 Å². The first-order chi connectivity index (χ1) is 18.2. The Kier molecular flexibility index (Phi) is 6.49. The van der Waals surface area contributed by atoms with Crippen molar-refractivity contribution in [2.45, 2.75) is 32.9 Å². The normalized spacial score (nSPS) is 11.7. The van der Waals surface area contributed by atoms with Gasteiger partial charge in [-0.2, -0.15) is 4.98 Å². The van der Waals surface area contributed by atoms with Crippen LogP contribution in [0.25, 0.3) is 11.2 Å². The van der Waals surface area contributed by atoms with Crippen molar-refractivity contribution in [2.75, 3.05) is 0 Å². The maximum absolute atomic E-state index is 13.7. The molecule has 38 heavy (non-hydrogen) atoms. The fourth-order valence-electron chi connectivity index (χ4n) is 4.01. The molecular weight excluding hydrogens is 507 g/mol. The van der Waals surface area contributed by atoms with E-state index in [2.05, 4.69) is 14.9 Å². The number of hydrogen-bond donors (Lipinski definition) is 0. The average Bonchev–Trinajstić information content (AvgIpc) is 3.50. The Balaban J connectivity index is 1.68. The smallest absolute Gasteiger partial charge is 0.425 e. The number of nitrogens with zero attached hydrogens (tertiary/aromatic N) is 5. The first-order valence-electron chi connectivity index (χ1n) is 11.4. The molecule has 0 atom stereocenters. The number of alkyl halides is 3. The Labute approximate surface area is 212 Å². The predicted molar refractivity (Wildman–Crippen MR) is 128 cm³/mol. The molecule has 0 saturated carbocycles. The molecule has 3 heterocycles. The van der Waals surface area contributed by atoms with Crippen LogP contribution in [0.3, 0.4) is 0 Å². The Morgan fingerprint density at radius 1 is 0.921 bits per heavy atom. The van der Waals surface area contributed by atoms with Crippen LogP contribution in [0.5, 0.6) is 17.5 Å². The minimum atomic E-state index is -4.88. The molecule has 5 rings (SSSR count). The number of rotatable bonds is 8. The molecule has 5 aromatic rings. The first-order valence-corrected chi connectivity index (χ1v) is 11.4. The fraction of sp³-hybridized carbons (Fsp3) is 0.200. The second-order valence-electron chi connectivity index (χ2n) is 8.16. The molecule has 0 aliphatic carbocycles. The summed E-state index contributed by atoms with van der Waals surface area (Å²) in [4.78, 5) is 31.3. The lowest BCUT2D eigenvalue weighted by molar-refractivity contribution is -0.274. The van der Waals surface area contributed by atoms with Gasteiger partial charge in [-0.3, -0.25) is 18.5 Å². The van der Waals surface area contributed by atoms with Crippen molar-refractivity contribution in [1.82, 2.24) is 23.8 Å². The monoisotopic (exact) mass is 527 g/mol. The Morgan fingerprint density at radius 3 is 2.37 bits per heavy atom. The lowest BCUT2D eigenvalue weighted by Crippen LogP contribution is -2.40. The molecule has 2 aromatic carbocycles. The van der Waals surface area contributed by atoms with E-state index >= 15 is 0 Å². The third-order valence-electron chi connectivity index (χ3n) is 5.63. The number of ether oxygens (including phenoxy) is 2. The average molecular weight is 527 g/mol. The molecule has 0 unspecified atom stereocenters. The van der Waals surface area contributed by atoms with E-state index in [4.69, 9.17) is 9.26 Å². The number of hydrogen-bond acceptors (Lipinski definition) is 7. The topological polar surface area (TPSA) is 106 Å². The van der Waals surface area contributed by atoms with Crippen LogP contribution in [-0.4, -0.2) is 30.2 Å². The lowest BCUT2D eigenvalue weighted by atomic mass is 10.2. The number of aryl methyl sites for hydroxylation is 1. The van der Waals surface area contributed by atoms with Crippen LogP contribution < -0.4 is 20.7 Å². The summed E-state index contributed by atoms with van der Waals surface area (Å²) in [6, 6.07) is 15.5. The van der Waals surface area contributed by atoms with E-state index in [1.54, 1.807) is 6.92 Å².